The van der Waals surface area contributed by atoms with Crippen molar-refractivity contribution in [3.05, 3.63) is 29.2 Å². The minimum absolute atomic E-state index is 0.0296. The number of amides is 1. The van der Waals surface area contributed by atoms with E-state index in [1.807, 2.05) is 13.0 Å². The van der Waals surface area contributed by atoms with Crippen molar-refractivity contribution < 1.29 is 13.8 Å². The molecule has 0 aromatic carbocycles. The second-order valence-electron chi connectivity index (χ2n) is 6.26. The van der Waals surface area contributed by atoms with Gasteiger partial charge in [-0.3, -0.25) is 9.69 Å². The second kappa shape index (κ2) is 5.77. The minimum Gasteiger partial charge on any atom is -0.361 e. The lowest BCUT2D eigenvalue weighted by atomic mass is 10.2. The van der Waals surface area contributed by atoms with Crippen LogP contribution in [-0.4, -0.2) is 38.7 Å². The molecule has 2 fully saturated rings. The summed E-state index contributed by atoms with van der Waals surface area (Å²) < 4.78 is 10.5. The second-order valence-corrected chi connectivity index (χ2v) is 6.26. The van der Waals surface area contributed by atoms with Crippen molar-refractivity contribution in [2.75, 3.05) is 6.54 Å². The zero-order valence-corrected chi connectivity index (χ0v) is 13.0. The highest BCUT2D eigenvalue weighted by Gasteiger charge is 2.33. The molecule has 2 aromatic rings. The molecule has 1 aliphatic carbocycles. The summed E-state index contributed by atoms with van der Waals surface area (Å²) in [6, 6.07) is 2.24. The van der Waals surface area contributed by atoms with Crippen LogP contribution >= 0.6 is 0 Å². The molecule has 1 atom stereocenters. The smallest absolute Gasteiger partial charge is 0.292 e. The van der Waals surface area contributed by atoms with Crippen LogP contribution in [-0.2, 0) is 6.54 Å². The van der Waals surface area contributed by atoms with Gasteiger partial charge in [-0.05, 0) is 39.2 Å². The number of nitrogens with one attached hydrogen (secondary N) is 1. The van der Waals surface area contributed by atoms with Crippen LogP contribution < -0.4 is 5.32 Å². The fourth-order valence-electron chi connectivity index (χ4n) is 2.94. The Morgan fingerprint density at radius 3 is 2.96 bits per heavy atom. The third kappa shape index (κ3) is 3.12. The molecule has 1 saturated carbocycles. The maximum atomic E-state index is 12.0. The Kier molecular flexibility index (Phi) is 3.60. The number of hydrogen-bond donors (Lipinski definition) is 1. The summed E-state index contributed by atoms with van der Waals surface area (Å²) in [7, 11) is 0. The number of rotatable bonds is 5. The van der Waals surface area contributed by atoms with Crippen LogP contribution in [0.15, 0.2) is 15.1 Å². The molecular weight excluding hydrogens is 298 g/mol. The van der Waals surface area contributed by atoms with Crippen molar-refractivity contribution >= 4 is 5.91 Å². The molecule has 2 aliphatic rings. The molecule has 8 nitrogen and oxygen atoms in total. The number of likely N-dealkylation sites (tertiary alicyclic amines) is 1. The molecule has 2 aromatic heterocycles. The highest BCUT2D eigenvalue weighted by molar-refractivity contribution is 5.90. The van der Waals surface area contributed by atoms with Gasteiger partial charge in [0, 0.05) is 18.7 Å². The largest absolute Gasteiger partial charge is 0.361 e. The summed E-state index contributed by atoms with van der Waals surface area (Å²) >= 11 is 0. The van der Waals surface area contributed by atoms with Crippen molar-refractivity contribution in [1.82, 2.24) is 25.5 Å². The lowest BCUT2D eigenvalue weighted by molar-refractivity contribution is 0.0937. The summed E-state index contributed by atoms with van der Waals surface area (Å²) in [5.41, 5.74) is 0.889. The van der Waals surface area contributed by atoms with E-state index < -0.39 is 0 Å². The minimum atomic E-state index is -0.251. The Balaban J connectivity index is 1.45. The average molecular weight is 317 g/mol. The van der Waals surface area contributed by atoms with Gasteiger partial charge in [0.05, 0.1) is 11.7 Å². The van der Waals surface area contributed by atoms with E-state index in [1.165, 1.54) is 0 Å². The van der Waals surface area contributed by atoms with Crippen LogP contribution in [0, 0.1) is 6.92 Å². The van der Waals surface area contributed by atoms with Crippen molar-refractivity contribution in [2.24, 2.45) is 0 Å². The van der Waals surface area contributed by atoms with Crippen molar-refractivity contribution in [2.45, 2.75) is 51.2 Å². The van der Waals surface area contributed by atoms with Gasteiger partial charge in [0.1, 0.15) is 5.76 Å². The van der Waals surface area contributed by atoms with E-state index in [0.29, 0.717) is 12.4 Å². The summed E-state index contributed by atoms with van der Waals surface area (Å²) in [5.74, 6) is 1.17. The molecule has 4 rings (SSSR count). The van der Waals surface area contributed by atoms with Gasteiger partial charge in [0.25, 0.3) is 11.7 Å². The van der Waals surface area contributed by atoms with Gasteiger partial charge in [-0.15, -0.1) is 0 Å². The number of aromatic nitrogens is 3. The van der Waals surface area contributed by atoms with Gasteiger partial charge in [0.15, 0.2) is 0 Å². The van der Waals surface area contributed by atoms with Crippen LogP contribution in [0.25, 0.3) is 0 Å². The van der Waals surface area contributed by atoms with Gasteiger partial charge in [-0.25, -0.2) is 0 Å². The van der Waals surface area contributed by atoms with Crippen molar-refractivity contribution in [1.29, 1.82) is 0 Å². The number of aryl methyl sites for hydroxylation is 1. The number of hydrogen-bond acceptors (Lipinski definition) is 7. The van der Waals surface area contributed by atoms with Crippen molar-refractivity contribution in [3.8, 4) is 0 Å². The quantitative estimate of drug-likeness (QED) is 0.894. The molecule has 23 heavy (non-hydrogen) atoms. The Bertz CT molecular complexity index is 706. The zero-order valence-electron chi connectivity index (χ0n) is 13.0. The topological polar surface area (TPSA) is 97.3 Å². The Labute approximate surface area is 133 Å². The normalized spacial score (nSPS) is 21.7. The van der Waals surface area contributed by atoms with Crippen LogP contribution in [0.2, 0.25) is 0 Å². The molecule has 1 saturated heterocycles. The molecule has 1 unspecified atom stereocenters. The summed E-state index contributed by atoms with van der Waals surface area (Å²) in [4.78, 5) is 18.5. The molecule has 122 valence electrons. The number of carbonyl (C=O) groups is 1. The van der Waals surface area contributed by atoms with E-state index >= 15 is 0 Å². The predicted octanol–water partition coefficient (Wildman–Crippen LogP) is 1.60. The first-order valence-corrected chi connectivity index (χ1v) is 8.00. The molecule has 1 amide bonds. The van der Waals surface area contributed by atoms with E-state index in [9.17, 15) is 4.79 Å². The van der Waals surface area contributed by atoms with E-state index in [4.69, 9.17) is 9.05 Å². The standard InChI is InChI=1S/C15H19N5O3/c1-9-7-11(18-22-9)8-20-6-2-3-12(20)15-17-13(19-23-15)14(21)16-10-4-5-10/h7,10,12H,2-6,8H2,1H3,(H,16,21). The third-order valence-electron chi connectivity index (χ3n) is 4.25. The summed E-state index contributed by atoms with van der Waals surface area (Å²) in [5, 5.41) is 10.7. The van der Waals surface area contributed by atoms with Crippen LogP contribution in [0.4, 0.5) is 0 Å². The average Bonchev–Trinajstić information content (AvgIpc) is 2.96. The lowest BCUT2D eigenvalue weighted by Gasteiger charge is -2.19. The van der Waals surface area contributed by atoms with E-state index in [-0.39, 0.29) is 23.8 Å². The molecule has 3 heterocycles. The van der Waals surface area contributed by atoms with E-state index in [1.54, 1.807) is 0 Å². The molecule has 0 spiro atoms. The Morgan fingerprint density at radius 1 is 1.35 bits per heavy atom. The lowest BCUT2D eigenvalue weighted by Crippen LogP contribution is -2.27. The van der Waals surface area contributed by atoms with Gasteiger partial charge in [0.2, 0.25) is 5.89 Å². The highest BCUT2D eigenvalue weighted by Crippen LogP contribution is 2.32. The van der Waals surface area contributed by atoms with E-state index in [2.05, 4.69) is 25.5 Å². The SMILES string of the molecule is Cc1cc(CN2CCCC2c2nc(C(=O)NC3CC3)no2)no1. The maximum absolute atomic E-state index is 12.0. The predicted molar refractivity (Wildman–Crippen MR) is 78.4 cm³/mol. The maximum Gasteiger partial charge on any atom is 0.292 e. The van der Waals surface area contributed by atoms with Crippen LogP contribution in [0.3, 0.4) is 0 Å². The molecule has 1 aliphatic heterocycles. The first-order valence-electron chi connectivity index (χ1n) is 8.00. The molecule has 0 bridgehead atoms. The number of carbonyl (C=O) groups excluding carboxylic acids is 1. The van der Waals surface area contributed by atoms with Gasteiger partial charge < -0.3 is 14.4 Å². The molecule has 0 radical (unpaired) electrons. The van der Waals surface area contributed by atoms with E-state index in [0.717, 1.165) is 43.7 Å². The third-order valence-corrected chi connectivity index (χ3v) is 4.25. The Hall–Kier alpha value is -2.22. The molecule has 1 N–H and O–H groups in total. The van der Waals surface area contributed by atoms with Gasteiger partial charge in [-0.1, -0.05) is 10.3 Å². The number of nitrogens with zero attached hydrogens (tertiary/aromatic N) is 4. The fourth-order valence-corrected chi connectivity index (χ4v) is 2.94. The molecule has 8 heteroatoms. The summed E-state index contributed by atoms with van der Waals surface area (Å²) in [6.07, 6.45) is 4.05. The Morgan fingerprint density at radius 2 is 2.22 bits per heavy atom. The van der Waals surface area contributed by atoms with Gasteiger partial charge >= 0.3 is 0 Å². The zero-order chi connectivity index (χ0) is 15.8. The van der Waals surface area contributed by atoms with Crippen LogP contribution in [0.1, 0.15) is 59.7 Å². The van der Waals surface area contributed by atoms with Gasteiger partial charge in [-0.2, -0.15) is 4.98 Å². The highest BCUT2D eigenvalue weighted by atomic mass is 16.5. The molecular formula is C15H19N5O3. The first-order chi connectivity index (χ1) is 11.2. The van der Waals surface area contributed by atoms with Crippen molar-refractivity contribution in [3.63, 3.8) is 0 Å². The van der Waals surface area contributed by atoms with Crippen LogP contribution in [0.5, 0.6) is 0 Å². The summed E-state index contributed by atoms with van der Waals surface area (Å²) in [6.45, 7) is 3.48. The monoisotopic (exact) mass is 317 g/mol. The fraction of sp³-hybridized carbons (Fsp3) is 0.600. The first kappa shape index (κ1) is 14.4.